The largest absolute Gasteiger partial charge is 0.337 e. The van der Waals surface area contributed by atoms with Crippen molar-refractivity contribution < 1.29 is 9.59 Å². The molecule has 2 fully saturated rings. The molecular weight excluding hydrogens is 387 g/mol. The number of amides is 3. The fraction of sp³-hybridized carbons (Fsp3) is 0.438. The number of alkyl halides is 3. The molecule has 2 aliphatic rings. The van der Waals surface area contributed by atoms with Crippen molar-refractivity contribution in [1.82, 2.24) is 9.80 Å². The number of carbonyl (C=O) groups excluding carboxylic acids is 2. The molecule has 1 aromatic carbocycles. The number of anilines is 1. The highest BCUT2D eigenvalue weighted by atomic mass is 35.6. The van der Waals surface area contributed by atoms with E-state index in [0.717, 1.165) is 30.8 Å². The number of hydrogen-bond donors (Lipinski definition) is 0. The van der Waals surface area contributed by atoms with Gasteiger partial charge in [0.15, 0.2) is 6.17 Å². The highest BCUT2D eigenvalue weighted by molar-refractivity contribution is 6.68. The Morgan fingerprint density at radius 2 is 1.68 bits per heavy atom. The minimum absolute atomic E-state index is 0.0399. The van der Waals surface area contributed by atoms with Gasteiger partial charge in [0.05, 0.1) is 5.69 Å². The summed E-state index contributed by atoms with van der Waals surface area (Å²) in [4.78, 5) is 33.7. The molecular formula is C16H17Cl3N4O2. The fourth-order valence-electron chi connectivity index (χ4n) is 2.96. The van der Waals surface area contributed by atoms with Crippen molar-refractivity contribution in [2.75, 3.05) is 25.0 Å². The molecule has 0 spiro atoms. The minimum Gasteiger partial charge on any atom is -0.278 e. The number of para-hydroxylation sites is 1. The van der Waals surface area contributed by atoms with Crippen molar-refractivity contribution in [3.8, 4) is 0 Å². The van der Waals surface area contributed by atoms with Crippen LogP contribution in [-0.2, 0) is 4.79 Å². The van der Waals surface area contributed by atoms with Crippen molar-refractivity contribution in [2.24, 2.45) is 4.99 Å². The molecule has 6 nitrogen and oxygen atoms in total. The van der Waals surface area contributed by atoms with Gasteiger partial charge >= 0.3 is 6.03 Å². The van der Waals surface area contributed by atoms with E-state index in [2.05, 4.69) is 4.99 Å². The summed E-state index contributed by atoms with van der Waals surface area (Å²) in [5.41, 5.74) is 0.536. The van der Waals surface area contributed by atoms with E-state index >= 15 is 0 Å². The molecule has 0 aromatic heterocycles. The Kier molecular flexibility index (Phi) is 5.25. The summed E-state index contributed by atoms with van der Waals surface area (Å²) in [5.74, 6) is -0.561. The molecule has 9 heteroatoms. The maximum absolute atomic E-state index is 12.6. The number of imide groups is 1. The summed E-state index contributed by atoms with van der Waals surface area (Å²) in [7, 11) is 1.41. The smallest absolute Gasteiger partial charge is 0.278 e. The quantitative estimate of drug-likeness (QED) is 0.575. The molecule has 0 N–H and O–H groups in total. The van der Waals surface area contributed by atoms with Crippen LogP contribution in [0, 0.1) is 0 Å². The van der Waals surface area contributed by atoms with Gasteiger partial charge in [-0.3, -0.25) is 14.6 Å². The first-order valence-corrected chi connectivity index (χ1v) is 9.00. The lowest BCUT2D eigenvalue weighted by Crippen LogP contribution is -2.43. The van der Waals surface area contributed by atoms with Crippen molar-refractivity contribution >= 4 is 58.3 Å². The van der Waals surface area contributed by atoms with Crippen LogP contribution in [-0.4, -0.2) is 57.7 Å². The number of carbonyl (C=O) groups is 2. The third-order valence-corrected chi connectivity index (χ3v) is 4.81. The van der Waals surface area contributed by atoms with E-state index in [1.165, 1.54) is 11.9 Å². The van der Waals surface area contributed by atoms with Gasteiger partial charge in [0, 0.05) is 20.1 Å². The summed E-state index contributed by atoms with van der Waals surface area (Å²) < 4.78 is -1.72. The number of likely N-dealkylation sites (tertiary alicyclic amines) is 1. The Labute approximate surface area is 160 Å². The molecule has 25 heavy (non-hydrogen) atoms. The number of benzene rings is 1. The minimum atomic E-state index is -1.72. The number of rotatable bonds is 3. The predicted octanol–water partition coefficient (Wildman–Crippen LogP) is 3.28. The van der Waals surface area contributed by atoms with Gasteiger partial charge in [-0.05, 0) is 25.0 Å². The van der Waals surface area contributed by atoms with E-state index in [-0.39, 0.29) is 5.84 Å². The lowest BCUT2D eigenvalue weighted by atomic mass is 10.3. The maximum atomic E-state index is 12.6. The third kappa shape index (κ3) is 3.62. The van der Waals surface area contributed by atoms with Gasteiger partial charge in [-0.25, -0.2) is 14.7 Å². The Morgan fingerprint density at radius 3 is 2.24 bits per heavy atom. The molecule has 1 unspecified atom stereocenters. The van der Waals surface area contributed by atoms with Gasteiger partial charge in [-0.2, -0.15) is 0 Å². The molecule has 2 heterocycles. The standard InChI is InChI=1S/C16H17Cl3N4O2/c1-21-13(24)12(23(15(21)25)11-7-3-2-4-8-11)20-14(16(17,18)19)22-9-5-6-10-22/h2-4,7-8,14H,5-6,9-10H2,1H3. The molecule has 2 aliphatic heterocycles. The maximum Gasteiger partial charge on any atom is 0.337 e. The van der Waals surface area contributed by atoms with Gasteiger partial charge in [0.25, 0.3) is 5.91 Å². The zero-order valence-corrected chi connectivity index (χ0v) is 15.8. The molecule has 0 saturated carbocycles. The number of halogens is 3. The number of hydrogen-bond acceptors (Lipinski definition) is 4. The number of likely N-dealkylation sites (N-methyl/N-ethyl adjacent to an activating group) is 1. The Balaban J connectivity index is 2.05. The average Bonchev–Trinajstić information content (AvgIpc) is 3.16. The van der Waals surface area contributed by atoms with Crippen LogP contribution in [0.25, 0.3) is 0 Å². The second kappa shape index (κ2) is 7.11. The summed E-state index contributed by atoms with van der Waals surface area (Å²) in [5, 5.41) is 0. The number of amidine groups is 1. The first kappa shape index (κ1) is 18.5. The molecule has 3 rings (SSSR count). The van der Waals surface area contributed by atoms with Crippen LogP contribution in [0.1, 0.15) is 12.8 Å². The first-order chi connectivity index (χ1) is 11.8. The molecule has 2 saturated heterocycles. The molecule has 1 atom stereocenters. The Bertz CT molecular complexity index is 699. The van der Waals surface area contributed by atoms with Crippen LogP contribution >= 0.6 is 34.8 Å². The first-order valence-electron chi connectivity index (χ1n) is 7.86. The Morgan fingerprint density at radius 1 is 1.08 bits per heavy atom. The molecule has 0 radical (unpaired) electrons. The van der Waals surface area contributed by atoms with Crippen LogP contribution in [0.15, 0.2) is 35.3 Å². The van der Waals surface area contributed by atoms with Gasteiger partial charge < -0.3 is 0 Å². The SMILES string of the molecule is CN1C(=O)C(=NC(N2CCCC2)C(Cl)(Cl)Cl)N(c2ccccc2)C1=O. The van der Waals surface area contributed by atoms with Gasteiger partial charge in [0.2, 0.25) is 9.63 Å². The molecule has 134 valence electrons. The fourth-order valence-corrected chi connectivity index (χ4v) is 3.52. The predicted molar refractivity (Wildman–Crippen MR) is 99.4 cm³/mol. The molecule has 3 amide bonds. The number of aliphatic imine (C=N–C) groups is 1. The zero-order chi connectivity index (χ0) is 18.2. The van der Waals surface area contributed by atoms with E-state index < -0.39 is 21.9 Å². The summed E-state index contributed by atoms with van der Waals surface area (Å²) >= 11 is 18.4. The van der Waals surface area contributed by atoms with E-state index in [1.807, 2.05) is 11.0 Å². The summed E-state index contributed by atoms with van der Waals surface area (Å²) in [6, 6.07) is 8.33. The normalized spacial score (nSPS) is 22.3. The van der Waals surface area contributed by atoms with Gasteiger partial charge in [-0.1, -0.05) is 53.0 Å². The van der Waals surface area contributed by atoms with Crippen molar-refractivity contribution in [3.63, 3.8) is 0 Å². The highest BCUT2D eigenvalue weighted by Gasteiger charge is 2.45. The van der Waals surface area contributed by atoms with Crippen LogP contribution in [0.3, 0.4) is 0 Å². The Hall–Kier alpha value is -1.34. The van der Waals surface area contributed by atoms with Crippen LogP contribution in [0.5, 0.6) is 0 Å². The second-order valence-electron chi connectivity index (χ2n) is 5.93. The van der Waals surface area contributed by atoms with E-state index in [1.54, 1.807) is 24.3 Å². The topological polar surface area (TPSA) is 56.2 Å². The lowest BCUT2D eigenvalue weighted by molar-refractivity contribution is -0.119. The summed E-state index contributed by atoms with van der Waals surface area (Å²) in [6.07, 6.45) is 1.10. The van der Waals surface area contributed by atoms with Gasteiger partial charge in [-0.15, -0.1) is 0 Å². The molecule has 0 aliphatic carbocycles. The van der Waals surface area contributed by atoms with Crippen molar-refractivity contribution in [3.05, 3.63) is 30.3 Å². The second-order valence-corrected chi connectivity index (χ2v) is 8.30. The molecule has 0 bridgehead atoms. The average molecular weight is 404 g/mol. The van der Waals surface area contributed by atoms with E-state index in [0.29, 0.717) is 5.69 Å². The highest BCUT2D eigenvalue weighted by Crippen LogP contribution is 2.36. The van der Waals surface area contributed by atoms with Crippen molar-refractivity contribution in [2.45, 2.75) is 22.8 Å². The lowest BCUT2D eigenvalue weighted by Gasteiger charge is -2.30. The third-order valence-electron chi connectivity index (χ3n) is 4.22. The van der Waals surface area contributed by atoms with Gasteiger partial charge in [0.1, 0.15) is 0 Å². The van der Waals surface area contributed by atoms with Crippen molar-refractivity contribution in [1.29, 1.82) is 0 Å². The van der Waals surface area contributed by atoms with Crippen LogP contribution in [0.4, 0.5) is 10.5 Å². The monoisotopic (exact) mass is 402 g/mol. The van der Waals surface area contributed by atoms with Crippen LogP contribution < -0.4 is 4.90 Å². The number of nitrogens with zero attached hydrogens (tertiary/aromatic N) is 4. The van der Waals surface area contributed by atoms with E-state index in [9.17, 15) is 9.59 Å². The number of urea groups is 1. The van der Waals surface area contributed by atoms with Crippen LogP contribution in [0.2, 0.25) is 0 Å². The molecule has 1 aromatic rings. The summed E-state index contributed by atoms with van der Waals surface area (Å²) in [6.45, 7) is 1.44. The van der Waals surface area contributed by atoms with E-state index in [4.69, 9.17) is 34.8 Å². The zero-order valence-electron chi connectivity index (χ0n) is 13.5.